The highest BCUT2D eigenvalue weighted by Gasteiger charge is 2.26. The molecule has 0 unspecified atom stereocenters. The van der Waals surface area contributed by atoms with Crippen LogP contribution in [0.5, 0.6) is 34.5 Å². The van der Waals surface area contributed by atoms with E-state index < -0.39 is 59.5 Å². The second-order valence-electron chi connectivity index (χ2n) is 20.0. The lowest BCUT2D eigenvalue weighted by Gasteiger charge is -2.22. The third kappa shape index (κ3) is 19.0. The SMILES string of the molecule is NCCCC[C@H](NC(=O)Cc1ccc(O)c(O)c1)C(=O)Nc1ccc(C(c2ccc(NC(=O)[C@@H](CCCCN)NC(=O)Cc3ccc(O)c(O)c3)cc2)c2ccc(NC(=O)[C@@H](CCCCN)NC(=O)Cc3ccc(O)c(O)c3)cc2)cc1. The molecule has 21 nitrogen and oxygen atoms in total. The first-order valence-corrected chi connectivity index (χ1v) is 27.2. The van der Waals surface area contributed by atoms with Gasteiger partial charge in [0.2, 0.25) is 35.4 Å². The van der Waals surface area contributed by atoms with Gasteiger partial charge in [-0.3, -0.25) is 28.8 Å². The van der Waals surface area contributed by atoms with Crippen molar-refractivity contribution in [3.05, 3.63) is 161 Å². The van der Waals surface area contributed by atoms with Gasteiger partial charge in [0.25, 0.3) is 0 Å². The highest BCUT2D eigenvalue weighted by molar-refractivity contribution is 5.99. The quantitative estimate of drug-likeness (QED) is 0.0151. The number of nitrogens with one attached hydrogen (secondary N) is 6. The standard InChI is InChI=1S/C61H73N9O12/c62-28-4-1-7-46(68-55(77)34-37-10-25-49(71)52(74)31-37)59(80)65-43-19-13-40(14-20-43)58(41-15-21-44(22-16-41)66-60(81)47(8-2-5-29-63)69-56(78)35-38-11-26-50(72)53(75)32-38)42-17-23-45(24-18-42)67-61(82)48(9-3-6-30-64)70-57(79)36-39-12-27-51(73)54(76)33-39/h10-27,31-33,46-48,58,71-76H,1-9,28-30,34-36,62-64H2,(H,65,80)(H,66,81)(H,67,82)(H,68,77)(H,69,78)(H,70,79)/t46-,47-,48+/m1/s1. The van der Waals surface area contributed by atoms with E-state index in [-0.39, 0.29) is 53.8 Å². The molecule has 21 heteroatoms. The number of phenols is 6. The second-order valence-corrected chi connectivity index (χ2v) is 20.0. The summed E-state index contributed by atoms with van der Waals surface area (Å²) in [5.74, 6) is -5.35. The first-order chi connectivity index (χ1) is 39.4. The van der Waals surface area contributed by atoms with Gasteiger partial charge in [0.15, 0.2) is 34.5 Å². The molecule has 0 aliphatic carbocycles. The lowest BCUT2D eigenvalue weighted by molar-refractivity contribution is -0.126. The van der Waals surface area contributed by atoms with Crippen LogP contribution in [0.25, 0.3) is 0 Å². The van der Waals surface area contributed by atoms with Gasteiger partial charge in [-0.15, -0.1) is 0 Å². The van der Waals surface area contributed by atoms with E-state index in [1.54, 1.807) is 36.4 Å². The molecule has 3 atom stereocenters. The van der Waals surface area contributed by atoms with Gasteiger partial charge in [-0.1, -0.05) is 54.6 Å². The Bertz CT molecular complexity index is 2790. The summed E-state index contributed by atoms with van der Waals surface area (Å²) in [5, 5.41) is 76.1. The van der Waals surface area contributed by atoms with Crippen LogP contribution >= 0.6 is 0 Å². The molecule has 0 spiro atoms. The number of hydrogen-bond donors (Lipinski definition) is 15. The Morgan fingerprint density at radius 2 is 0.598 bits per heavy atom. The molecule has 0 aromatic heterocycles. The average Bonchev–Trinajstić information content (AvgIpc) is 3.64. The fourth-order valence-corrected chi connectivity index (χ4v) is 9.16. The molecule has 0 saturated heterocycles. The van der Waals surface area contributed by atoms with E-state index >= 15 is 0 Å². The van der Waals surface area contributed by atoms with Crippen molar-refractivity contribution in [3.8, 4) is 34.5 Å². The molecule has 18 N–H and O–H groups in total. The lowest BCUT2D eigenvalue weighted by Crippen LogP contribution is -2.44. The third-order valence-corrected chi connectivity index (χ3v) is 13.5. The number of amides is 6. The highest BCUT2D eigenvalue weighted by Crippen LogP contribution is 2.35. The van der Waals surface area contributed by atoms with E-state index in [1.807, 2.05) is 36.4 Å². The number of benzene rings is 6. The topological polar surface area (TPSA) is 374 Å². The first kappa shape index (κ1) is 62.0. The third-order valence-electron chi connectivity index (χ3n) is 13.5. The molecule has 6 amide bonds. The summed E-state index contributed by atoms with van der Waals surface area (Å²) in [4.78, 5) is 80.9. The normalized spacial score (nSPS) is 12.1. The predicted molar refractivity (Wildman–Crippen MR) is 311 cm³/mol. The van der Waals surface area contributed by atoms with Gasteiger partial charge in [0, 0.05) is 23.0 Å². The zero-order valence-corrected chi connectivity index (χ0v) is 45.4. The molecule has 6 aromatic rings. The summed E-state index contributed by atoms with van der Waals surface area (Å²) in [6, 6.07) is 30.8. The van der Waals surface area contributed by atoms with Crippen molar-refractivity contribution < 1.29 is 59.4 Å². The Balaban J connectivity index is 1.23. The molecule has 0 fully saturated rings. The number of aromatic hydroxyl groups is 6. The van der Waals surface area contributed by atoms with Gasteiger partial charge < -0.3 is 79.7 Å². The molecule has 82 heavy (non-hydrogen) atoms. The van der Waals surface area contributed by atoms with E-state index in [2.05, 4.69) is 31.9 Å². The van der Waals surface area contributed by atoms with Crippen molar-refractivity contribution in [2.45, 2.75) is 101 Å². The van der Waals surface area contributed by atoms with Crippen molar-refractivity contribution in [2.24, 2.45) is 17.2 Å². The van der Waals surface area contributed by atoms with Gasteiger partial charge >= 0.3 is 0 Å². The summed E-state index contributed by atoms with van der Waals surface area (Å²) < 4.78 is 0. The van der Waals surface area contributed by atoms with E-state index in [4.69, 9.17) is 17.2 Å². The van der Waals surface area contributed by atoms with Gasteiger partial charge in [-0.25, -0.2) is 0 Å². The zero-order valence-electron chi connectivity index (χ0n) is 45.4. The van der Waals surface area contributed by atoms with Crippen LogP contribution in [0.2, 0.25) is 0 Å². The zero-order chi connectivity index (χ0) is 59.1. The summed E-state index contributed by atoms with van der Waals surface area (Å²) in [6.45, 7) is 1.19. The van der Waals surface area contributed by atoms with E-state index in [0.29, 0.717) is 111 Å². The Labute approximate surface area is 475 Å². The van der Waals surface area contributed by atoms with Crippen LogP contribution in [0.4, 0.5) is 17.1 Å². The van der Waals surface area contributed by atoms with Crippen molar-refractivity contribution in [1.29, 1.82) is 0 Å². The van der Waals surface area contributed by atoms with Crippen LogP contribution in [0.15, 0.2) is 127 Å². The number of carbonyl (C=O) groups is 6. The van der Waals surface area contributed by atoms with Gasteiger partial charge in [-0.2, -0.15) is 0 Å². The monoisotopic (exact) mass is 1120 g/mol. The maximum Gasteiger partial charge on any atom is 0.246 e. The van der Waals surface area contributed by atoms with Gasteiger partial charge in [0.05, 0.1) is 19.3 Å². The summed E-state index contributed by atoms with van der Waals surface area (Å²) >= 11 is 0. The van der Waals surface area contributed by atoms with Crippen molar-refractivity contribution in [3.63, 3.8) is 0 Å². The maximum atomic E-state index is 13.8. The van der Waals surface area contributed by atoms with Gasteiger partial charge in [0.1, 0.15) is 18.1 Å². The summed E-state index contributed by atoms with van der Waals surface area (Å²) in [5.41, 5.74) is 22.2. The molecular formula is C61H73N9O12. The predicted octanol–water partition coefficient (Wildman–Crippen LogP) is 5.49. The number of anilines is 3. The summed E-state index contributed by atoms with van der Waals surface area (Å²) in [7, 11) is 0. The molecule has 0 bridgehead atoms. The minimum atomic E-state index is -0.924. The van der Waals surface area contributed by atoms with E-state index in [1.165, 1.54) is 54.6 Å². The molecule has 434 valence electrons. The fourth-order valence-electron chi connectivity index (χ4n) is 9.16. The molecule has 6 aromatic carbocycles. The highest BCUT2D eigenvalue weighted by atomic mass is 16.3. The fraction of sp³-hybridized carbons (Fsp3) is 0.311. The smallest absolute Gasteiger partial charge is 0.246 e. The molecular weight excluding hydrogens is 1050 g/mol. The Morgan fingerprint density at radius 3 is 0.829 bits per heavy atom. The van der Waals surface area contributed by atoms with Crippen LogP contribution in [0, 0.1) is 0 Å². The number of rotatable bonds is 30. The molecule has 0 saturated carbocycles. The minimum Gasteiger partial charge on any atom is -0.504 e. The largest absolute Gasteiger partial charge is 0.504 e. The Kier molecular flexibility index (Phi) is 23.4. The molecule has 6 rings (SSSR count). The molecule has 0 aliphatic rings. The van der Waals surface area contributed by atoms with Gasteiger partial charge in [-0.05, 0) is 184 Å². The number of hydrogen-bond acceptors (Lipinski definition) is 15. The van der Waals surface area contributed by atoms with Crippen molar-refractivity contribution in [1.82, 2.24) is 16.0 Å². The maximum absolute atomic E-state index is 13.8. The Hall–Kier alpha value is -9.18. The minimum absolute atomic E-state index is 0.153. The molecule has 0 heterocycles. The number of phenolic OH excluding ortho intramolecular Hbond substituents is 6. The number of unbranched alkanes of at least 4 members (excludes halogenated alkanes) is 3. The van der Waals surface area contributed by atoms with Crippen molar-refractivity contribution in [2.75, 3.05) is 35.6 Å². The number of nitrogens with two attached hydrogens (primary N) is 3. The average molecular weight is 1120 g/mol. The molecule has 0 aliphatic heterocycles. The van der Waals surface area contributed by atoms with Crippen LogP contribution in [-0.4, -0.2) is 104 Å². The Morgan fingerprint density at radius 1 is 0.341 bits per heavy atom. The first-order valence-electron chi connectivity index (χ1n) is 27.2. The van der Waals surface area contributed by atoms with Crippen LogP contribution in [0.3, 0.4) is 0 Å². The summed E-state index contributed by atoms with van der Waals surface area (Å²) in [6.07, 6.45) is 3.98. The molecule has 0 radical (unpaired) electrons. The van der Waals surface area contributed by atoms with E-state index in [9.17, 15) is 59.4 Å². The lowest BCUT2D eigenvalue weighted by atomic mass is 9.85. The van der Waals surface area contributed by atoms with E-state index in [0.717, 1.165) is 16.7 Å². The van der Waals surface area contributed by atoms with Crippen LogP contribution < -0.4 is 49.1 Å². The van der Waals surface area contributed by atoms with Crippen molar-refractivity contribution >= 4 is 52.5 Å². The second kappa shape index (κ2) is 31.0. The van der Waals surface area contributed by atoms with Crippen LogP contribution in [0.1, 0.15) is 97.1 Å². The number of carbonyl (C=O) groups excluding carboxylic acids is 6. The van der Waals surface area contributed by atoms with Crippen LogP contribution in [-0.2, 0) is 48.0 Å².